The molecule has 0 aliphatic heterocycles. The number of hydrogen-bond donors (Lipinski definition) is 2. The minimum atomic E-state index is -0.704. The lowest BCUT2D eigenvalue weighted by molar-refractivity contribution is 0.163. The van der Waals surface area contributed by atoms with Crippen molar-refractivity contribution in [1.82, 2.24) is 0 Å². The van der Waals surface area contributed by atoms with Gasteiger partial charge in [0.15, 0.2) is 0 Å². The molecule has 1 aromatic carbocycles. The molecule has 0 fully saturated rings. The Morgan fingerprint density at radius 2 is 2.29 bits per heavy atom. The molecular weight excluding hydrogens is 318 g/mol. The molecule has 6 heteroatoms. The normalized spacial score (nSPS) is 9.71. The average Bonchev–Trinajstić information content (AvgIpc) is 2.14. The van der Waals surface area contributed by atoms with Gasteiger partial charge in [0.2, 0.25) is 0 Å². The van der Waals surface area contributed by atoms with Crippen molar-refractivity contribution >= 4 is 46.0 Å². The first-order valence-corrected chi connectivity index (χ1v) is 5.13. The molecule has 4 nitrogen and oxygen atoms in total. The van der Waals surface area contributed by atoms with E-state index in [0.717, 1.165) is 9.13 Å². The SMILES string of the molecule is Cc1cc(NC(=O)ON)c(I)cc1Cl. The Hall–Kier alpha value is -0.530. The Labute approximate surface area is 99.8 Å². The van der Waals surface area contributed by atoms with Crippen LogP contribution in [0, 0.1) is 10.5 Å². The largest absolute Gasteiger partial charge is 0.430 e. The molecule has 0 heterocycles. The monoisotopic (exact) mass is 326 g/mol. The summed E-state index contributed by atoms with van der Waals surface area (Å²) in [5.41, 5.74) is 1.50. The fraction of sp³-hybridized carbons (Fsp3) is 0.125. The first kappa shape index (κ1) is 11.5. The number of nitrogens with two attached hydrogens (primary N) is 1. The standard InChI is InChI=1S/C8H8ClIN2O2/c1-4-2-7(12-8(13)14-11)6(10)3-5(4)9/h2-3H,11H2,1H3,(H,12,13). The third-order valence-electron chi connectivity index (χ3n) is 1.59. The maximum Gasteiger partial charge on any atom is 0.430 e. The van der Waals surface area contributed by atoms with E-state index in [0.29, 0.717) is 10.7 Å². The lowest BCUT2D eigenvalue weighted by Gasteiger charge is -2.07. The molecule has 1 rings (SSSR count). The fourth-order valence-electron chi connectivity index (χ4n) is 0.892. The molecule has 0 radical (unpaired) electrons. The van der Waals surface area contributed by atoms with Gasteiger partial charge in [-0.3, -0.25) is 5.32 Å². The molecule has 76 valence electrons. The highest BCUT2D eigenvalue weighted by molar-refractivity contribution is 14.1. The van der Waals surface area contributed by atoms with Crippen LogP contribution in [-0.2, 0) is 4.84 Å². The first-order chi connectivity index (χ1) is 6.54. The quantitative estimate of drug-likeness (QED) is 0.616. The number of nitrogens with one attached hydrogen (secondary N) is 1. The summed E-state index contributed by atoms with van der Waals surface area (Å²) in [4.78, 5) is 14.8. The number of carbonyl (C=O) groups excluding carboxylic acids is 1. The second kappa shape index (κ2) is 4.81. The molecule has 0 aliphatic carbocycles. The number of anilines is 1. The predicted octanol–water partition coefficient (Wildman–Crippen LogP) is 2.68. The van der Waals surface area contributed by atoms with Crippen LogP contribution < -0.4 is 11.2 Å². The summed E-state index contributed by atoms with van der Waals surface area (Å²) in [7, 11) is 0. The maximum atomic E-state index is 10.8. The summed E-state index contributed by atoms with van der Waals surface area (Å²) in [5.74, 6) is 4.70. The molecule has 0 unspecified atom stereocenters. The number of rotatable bonds is 1. The van der Waals surface area contributed by atoms with Gasteiger partial charge in [-0.2, -0.15) is 5.90 Å². The van der Waals surface area contributed by atoms with Gasteiger partial charge in [-0.05, 0) is 47.2 Å². The Morgan fingerprint density at radius 3 is 2.86 bits per heavy atom. The zero-order valence-electron chi connectivity index (χ0n) is 7.30. The average molecular weight is 327 g/mol. The highest BCUT2D eigenvalue weighted by Gasteiger charge is 2.07. The van der Waals surface area contributed by atoms with E-state index in [1.807, 2.05) is 6.92 Å². The van der Waals surface area contributed by atoms with Crippen LogP contribution in [0.5, 0.6) is 0 Å². The zero-order chi connectivity index (χ0) is 10.7. The van der Waals surface area contributed by atoms with Crippen molar-refractivity contribution in [2.24, 2.45) is 5.90 Å². The van der Waals surface area contributed by atoms with E-state index < -0.39 is 6.09 Å². The number of halogens is 2. The molecule has 0 aliphatic rings. The van der Waals surface area contributed by atoms with Gasteiger partial charge in [0.25, 0.3) is 0 Å². The van der Waals surface area contributed by atoms with Crippen molar-refractivity contribution in [1.29, 1.82) is 0 Å². The molecule has 3 N–H and O–H groups in total. The Balaban J connectivity index is 2.98. The van der Waals surface area contributed by atoms with Crippen LogP contribution in [0.15, 0.2) is 12.1 Å². The lowest BCUT2D eigenvalue weighted by atomic mass is 10.2. The fourth-order valence-corrected chi connectivity index (χ4v) is 1.84. The zero-order valence-corrected chi connectivity index (χ0v) is 10.2. The number of aryl methyl sites for hydroxylation is 1. The van der Waals surface area contributed by atoms with Gasteiger partial charge in [-0.15, -0.1) is 0 Å². The molecule has 0 saturated carbocycles. The van der Waals surface area contributed by atoms with E-state index in [4.69, 9.17) is 17.5 Å². The third kappa shape index (κ3) is 2.73. The summed E-state index contributed by atoms with van der Waals surface area (Å²) in [6, 6.07) is 3.50. The molecule has 1 amide bonds. The van der Waals surface area contributed by atoms with E-state index in [1.165, 1.54) is 0 Å². The van der Waals surface area contributed by atoms with Crippen LogP contribution >= 0.6 is 34.2 Å². The van der Waals surface area contributed by atoms with E-state index in [-0.39, 0.29) is 0 Å². The summed E-state index contributed by atoms with van der Waals surface area (Å²) in [5, 5.41) is 3.13. The number of benzene rings is 1. The Morgan fingerprint density at radius 1 is 1.64 bits per heavy atom. The van der Waals surface area contributed by atoms with Gasteiger partial charge in [0, 0.05) is 8.59 Å². The van der Waals surface area contributed by atoms with Crippen LogP contribution in [-0.4, -0.2) is 6.09 Å². The van der Waals surface area contributed by atoms with Crippen LogP contribution in [0.2, 0.25) is 5.02 Å². The smallest absolute Gasteiger partial charge is 0.357 e. The number of amides is 1. The van der Waals surface area contributed by atoms with Crippen molar-refractivity contribution in [2.45, 2.75) is 6.92 Å². The van der Waals surface area contributed by atoms with Crippen LogP contribution in [0.4, 0.5) is 10.5 Å². The van der Waals surface area contributed by atoms with E-state index >= 15 is 0 Å². The molecule has 14 heavy (non-hydrogen) atoms. The third-order valence-corrected chi connectivity index (χ3v) is 2.89. The summed E-state index contributed by atoms with van der Waals surface area (Å²) in [6.07, 6.45) is -0.704. The molecule has 0 bridgehead atoms. The van der Waals surface area contributed by atoms with Gasteiger partial charge in [-0.1, -0.05) is 11.6 Å². The summed E-state index contributed by atoms with van der Waals surface area (Å²) < 4.78 is 0.823. The lowest BCUT2D eigenvalue weighted by Crippen LogP contribution is -2.18. The first-order valence-electron chi connectivity index (χ1n) is 3.68. The highest BCUT2D eigenvalue weighted by atomic mass is 127. The van der Waals surface area contributed by atoms with E-state index in [2.05, 4.69) is 32.7 Å². The van der Waals surface area contributed by atoms with Crippen LogP contribution in [0.3, 0.4) is 0 Å². The molecule has 0 saturated heterocycles. The summed E-state index contributed by atoms with van der Waals surface area (Å²) in [6.45, 7) is 1.84. The Kier molecular flexibility index (Phi) is 3.97. The Bertz CT molecular complexity index is 371. The topological polar surface area (TPSA) is 64.3 Å². The van der Waals surface area contributed by atoms with Crippen LogP contribution in [0.25, 0.3) is 0 Å². The second-order valence-corrected chi connectivity index (χ2v) is 4.18. The van der Waals surface area contributed by atoms with Crippen molar-refractivity contribution in [3.63, 3.8) is 0 Å². The van der Waals surface area contributed by atoms with Crippen molar-refractivity contribution in [3.8, 4) is 0 Å². The van der Waals surface area contributed by atoms with Crippen LogP contribution in [0.1, 0.15) is 5.56 Å². The molecule has 1 aromatic rings. The molecular formula is C8H8ClIN2O2. The van der Waals surface area contributed by atoms with Gasteiger partial charge < -0.3 is 4.84 Å². The van der Waals surface area contributed by atoms with Gasteiger partial charge in [0.05, 0.1) is 5.69 Å². The molecule has 0 atom stereocenters. The van der Waals surface area contributed by atoms with Gasteiger partial charge in [0.1, 0.15) is 0 Å². The molecule has 0 aromatic heterocycles. The van der Waals surface area contributed by atoms with Gasteiger partial charge in [-0.25, -0.2) is 4.79 Å². The predicted molar refractivity (Wildman–Crippen MR) is 63.2 cm³/mol. The number of carbonyl (C=O) groups is 1. The minimum absolute atomic E-state index is 0.628. The van der Waals surface area contributed by atoms with E-state index in [9.17, 15) is 4.79 Å². The highest BCUT2D eigenvalue weighted by Crippen LogP contribution is 2.26. The minimum Gasteiger partial charge on any atom is -0.357 e. The summed E-state index contributed by atoms with van der Waals surface area (Å²) >= 11 is 7.94. The van der Waals surface area contributed by atoms with Crippen molar-refractivity contribution < 1.29 is 9.63 Å². The van der Waals surface area contributed by atoms with Crippen molar-refractivity contribution in [2.75, 3.05) is 5.32 Å². The molecule has 0 spiro atoms. The maximum absolute atomic E-state index is 10.8. The second-order valence-electron chi connectivity index (χ2n) is 2.61. The number of hydrogen-bond acceptors (Lipinski definition) is 3. The van der Waals surface area contributed by atoms with Crippen molar-refractivity contribution in [3.05, 3.63) is 26.3 Å². The van der Waals surface area contributed by atoms with E-state index in [1.54, 1.807) is 12.1 Å². The van der Waals surface area contributed by atoms with Gasteiger partial charge >= 0.3 is 6.09 Å².